The first kappa shape index (κ1) is 12.9. The highest BCUT2D eigenvalue weighted by Gasteiger charge is 2.08. The molecule has 18 heavy (non-hydrogen) atoms. The minimum atomic E-state index is 0.280. The first-order valence-electron chi connectivity index (χ1n) is 5.27. The van der Waals surface area contributed by atoms with Crippen molar-refractivity contribution in [3.63, 3.8) is 0 Å². The monoisotopic (exact) mass is 281 g/mol. The maximum absolute atomic E-state index is 5.92. The topological polar surface area (TPSA) is 53.1 Å². The van der Waals surface area contributed by atoms with Crippen molar-refractivity contribution in [2.24, 2.45) is 12.8 Å². The molecule has 1 aromatic carbocycles. The zero-order valence-electron chi connectivity index (χ0n) is 9.76. The van der Waals surface area contributed by atoms with Crippen LogP contribution >= 0.6 is 23.8 Å². The van der Waals surface area contributed by atoms with Crippen molar-refractivity contribution in [1.82, 2.24) is 9.78 Å². The van der Waals surface area contributed by atoms with Crippen LogP contribution in [0, 0.1) is 0 Å². The summed E-state index contributed by atoms with van der Waals surface area (Å²) in [6, 6.07) is 7.05. The molecule has 1 heterocycles. The van der Waals surface area contributed by atoms with E-state index in [9.17, 15) is 0 Å². The predicted octanol–water partition coefficient (Wildman–Crippen LogP) is 2.29. The van der Waals surface area contributed by atoms with Crippen molar-refractivity contribution in [2.75, 3.05) is 0 Å². The van der Waals surface area contributed by atoms with E-state index in [1.807, 2.05) is 19.3 Å². The summed E-state index contributed by atoms with van der Waals surface area (Å²) in [4.78, 5) is 0.280. The molecular formula is C12H12ClN3OS. The Morgan fingerprint density at radius 1 is 1.50 bits per heavy atom. The number of rotatable bonds is 4. The van der Waals surface area contributed by atoms with E-state index in [1.165, 1.54) is 0 Å². The van der Waals surface area contributed by atoms with Crippen molar-refractivity contribution in [3.8, 4) is 5.75 Å². The summed E-state index contributed by atoms with van der Waals surface area (Å²) in [5, 5.41) is 4.79. The van der Waals surface area contributed by atoms with E-state index in [1.54, 1.807) is 22.9 Å². The van der Waals surface area contributed by atoms with Crippen LogP contribution in [0.15, 0.2) is 30.5 Å². The lowest BCUT2D eigenvalue weighted by atomic mass is 10.2. The molecule has 4 nitrogen and oxygen atoms in total. The SMILES string of the molecule is Cn1ccc(COc2cc(Cl)ccc2C(N)=S)n1. The molecule has 0 bridgehead atoms. The summed E-state index contributed by atoms with van der Waals surface area (Å²) in [7, 11) is 1.85. The Balaban J connectivity index is 2.17. The van der Waals surface area contributed by atoms with Crippen LogP contribution in [0.4, 0.5) is 0 Å². The molecule has 6 heteroatoms. The van der Waals surface area contributed by atoms with Crippen LogP contribution in [0.5, 0.6) is 5.75 Å². The van der Waals surface area contributed by atoms with Gasteiger partial charge in [0.15, 0.2) is 0 Å². The molecule has 0 saturated heterocycles. The highest BCUT2D eigenvalue weighted by atomic mass is 35.5. The van der Waals surface area contributed by atoms with Gasteiger partial charge in [0.1, 0.15) is 17.3 Å². The lowest BCUT2D eigenvalue weighted by molar-refractivity contribution is 0.299. The molecule has 0 aliphatic heterocycles. The molecule has 2 aromatic rings. The van der Waals surface area contributed by atoms with Crippen molar-refractivity contribution in [1.29, 1.82) is 0 Å². The molecular weight excluding hydrogens is 270 g/mol. The van der Waals surface area contributed by atoms with Crippen LogP contribution in [0.1, 0.15) is 11.3 Å². The number of nitrogens with two attached hydrogens (primary N) is 1. The summed E-state index contributed by atoms with van der Waals surface area (Å²) in [5.41, 5.74) is 7.12. The Bertz CT molecular complexity index is 582. The van der Waals surface area contributed by atoms with Crippen molar-refractivity contribution in [2.45, 2.75) is 6.61 Å². The smallest absolute Gasteiger partial charge is 0.132 e. The molecule has 94 valence electrons. The van der Waals surface area contributed by atoms with Gasteiger partial charge in [0.25, 0.3) is 0 Å². The Hall–Kier alpha value is -1.59. The molecule has 0 atom stereocenters. The zero-order chi connectivity index (χ0) is 13.1. The van der Waals surface area contributed by atoms with Gasteiger partial charge in [-0.25, -0.2) is 0 Å². The Labute approximate surface area is 115 Å². The number of aromatic nitrogens is 2. The van der Waals surface area contributed by atoms with Gasteiger partial charge in [-0.1, -0.05) is 23.8 Å². The second kappa shape index (κ2) is 5.37. The summed E-state index contributed by atoms with van der Waals surface area (Å²) >= 11 is 10.9. The van der Waals surface area contributed by atoms with Gasteiger partial charge in [-0.05, 0) is 24.3 Å². The summed E-state index contributed by atoms with van der Waals surface area (Å²) < 4.78 is 7.36. The van der Waals surface area contributed by atoms with Crippen LogP contribution in [-0.2, 0) is 13.7 Å². The number of benzene rings is 1. The van der Waals surface area contributed by atoms with E-state index in [-0.39, 0.29) is 4.99 Å². The minimum Gasteiger partial charge on any atom is -0.486 e. The first-order valence-corrected chi connectivity index (χ1v) is 6.05. The van der Waals surface area contributed by atoms with Gasteiger partial charge in [0, 0.05) is 18.3 Å². The largest absolute Gasteiger partial charge is 0.486 e. The molecule has 0 fully saturated rings. The van der Waals surface area contributed by atoms with E-state index in [0.29, 0.717) is 22.9 Å². The molecule has 0 amide bonds. The quantitative estimate of drug-likeness (QED) is 0.874. The van der Waals surface area contributed by atoms with Crippen LogP contribution in [-0.4, -0.2) is 14.8 Å². The van der Waals surface area contributed by atoms with Gasteiger partial charge in [0.2, 0.25) is 0 Å². The Kier molecular flexibility index (Phi) is 3.84. The van der Waals surface area contributed by atoms with E-state index >= 15 is 0 Å². The summed E-state index contributed by atoms with van der Waals surface area (Å²) in [6.45, 7) is 0.344. The maximum Gasteiger partial charge on any atom is 0.132 e. The van der Waals surface area contributed by atoms with Crippen molar-refractivity contribution < 1.29 is 4.74 Å². The summed E-state index contributed by atoms with van der Waals surface area (Å²) in [5.74, 6) is 0.570. The highest BCUT2D eigenvalue weighted by molar-refractivity contribution is 7.80. The molecule has 0 spiro atoms. The fourth-order valence-electron chi connectivity index (χ4n) is 1.51. The predicted molar refractivity (Wildman–Crippen MR) is 74.9 cm³/mol. The van der Waals surface area contributed by atoms with Gasteiger partial charge in [-0.2, -0.15) is 5.10 Å². The van der Waals surface area contributed by atoms with E-state index in [4.69, 9.17) is 34.3 Å². The number of aryl methyl sites for hydroxylation is 1. The molecule has 0 aliphatic carbocycles. The molecule has 0 aliphatic rings. The molecule has 1 aromatic heterocycles. The van der Waals surface area contributed by atoms with Crippen molar-refractivity contribution >= 4 is 28.8 Å². The fraction of sp³-hybridized carbons (Fsp3) is 0.167. The Morgan fingerprint density at radius 2 is 2.28 bits per heavy atom. The van der Waals surface area contributed by atoms with Gasteiger partial charge in [-0.3, -0.25) is 4.68 Å². The lowest BCUT2D eigenvalue weighted by Gasteiger charge is -2.09. The molecule has 2 N–H and O–H groups in total. The standard InChI is InChI=1S/C12H12ClN3OS/c1-16-5-4-9(15-16)7-17-11-6-8(13)2-3-10(11)12(14)18/h2-6H,7H2,1H3,(H2,14,18). The number of hydrogen-bond donors (Lipinski definition) is 1. The first-order chi connectivity index (χ1) is 8.56. The minimum absolute atomic E-state index is 0.280. The van der Waals surface area contributed by atoms with Gasteiger partial charge in [0.05, 0.1) is 11.3 Å². The van der Waals surface area contributed by atoms with Gasteiger partial charge in [-0.15, -0.1) is 0 Å². The number of hydrogen-bond acceptors (Lipinski definition) is 3. The van der Waals surface area contributed by atoms with E-state index in [0.717, 1.165) is 5.69 Å². The van der Waals surface area contributed by atoms with Crippen LogP contribution in [0.25, 0.3) is 0 Å². The highest BCUT2D eigenvalue weighted by Crippen LogP contribution is 2.24. The third kappa shape index (κ3) is 3.00. The van der Waals surface area contributed by atoms with Crippen LogP contribution < -0.4 is 10.5 Å². The van der Waals surface area contributed by atoms with Gasteiger partial charge >= 0.3 is 0 Å². The van der Waals surface area contributed by atoms with Gasteiger partial charge < -0.3 is 10.5 Å². The van der Waals surface area contributed by atoms with E-state index in [2.05, 4.69) is 5.10 Å². The average Bonchev–Trinajstić information content (AvgIpc) is 2.72. The number of ether oxygens (including phenoxy) is 1. The lowest BCUT2D eigenvalue weighted by Crippen LogP contribution is -2.11. The fourth-order valence-corrected chi connectivity index (χ4v) is 1.84. The average molecular weight is 282 g/mol. The molecule has 0 unspecified atom stereocenters. The number of halogens is 1. The number of nitrogens with zero attached hydrogens (tertiary/aromatic N) is 2. The molecule has 0 saturated carbocycles. The maximum atomic E-state index is 5.92. The summed E-state index contributed by atoms with van der Waals surface area (Å²) in [6.07, 6.45) is 1.85. The molecule has 2 rings (SSSR count). The third-order valence-electron chi connectivity index (χ3n) is 2.35. The zero-order valence-corrected chi connectivity index (χ0v) is 11.3. The molecule has 0 radical (unpaired) electrons. The number of thiocarbonyl (C=S) groups is 1. The Morgan fingerprint density at radius 3 is 2.89 bits per heavy atom. The third-order valence-corrected chi connectivity index (χ3v) is 2.81. The second-order valence-electron chi connectivity index (χ2n) is 3.77. The van der Waals surface area contributed by atoms with E-state index < -0.39 is 0 Å². The normalized spacial score (nSPS) is 10.3. The van der Waals surface area contributed by atoms with Crippen LogP contribution in [0.2, 0.25) is 5.02 Å². The second-order valence-corrected chi connectivity index (χ2v) is 4.65. The van der Waals surface area contributed by atoms with Crippen LogP contribution in [0.3, 0.4) is 0 Å². The van der Waals surface area contributed by atoms with Crippen molar-refractivity contribution in [3.05, 3.63) is 46.7 Å².